The molecule has 2 unspecified atom stereocenters. The Morgan fingerprint density at radius 2 is 2.10 bits per heavy atom. The van der Waals surface area contributed by atoms with Crippen molar-refractivity contribution in [1.82, 2.24) is 10.3 Å². The number of likely N-dealkylation sites (tertiary alicyclic amines) is 1. The molecule has 0 bridgehead atoms. The van der Waals surface area contributed by atoms with Gasteiger partial charge in [0.15, 0.2) is 0 Å². The van der Waals surface area contributed by atoms with Crippen LogP contribution in [-0.4, -0.2) is 23.5 Å². The lowest BCUT2D eigenvalue weighted by Gasteiger charge is -2.44. The molecular weight excluding hydrogens is 277 g/mol. The number of rotatable bonds is 5. The third kappa shape index (κ3) is 2.84. The average molecular weight is 300 g/mol. The number of nitrogens with one attached hydrogen (secondary N) is 1. The minimum Gasteiger partial charge on any atom is -0.296 e. The summed E-state index contributed by atoms with van der Waals surface area (Å²) in [6.45, 7) is 6.41. The van der Waals surface area contributed by atoms with E-state index in [1.807, 2.05) is 0 Å². The number of hydrogen-bond acceptors (Lipinski definition) is 3. The summed E-state index contributed by atoms with van der Waals surface area (Å²) < 4.78 is 13.6. The summed E-state index contributed by atoms with van der Waals surface area (Å²) in [6.07, 6.45) is 3.31. The Morgan fingerprint density at radius 3 is 2.65 bits per heavy atom. The van der Waals surface area contributed by atoms with E-state index in [4.69, 9.17) is 17.4 Å². The molecule has 1 heterocycles. The first-order valence-corrected chi connectivity index (χ1v) is 7.57. The van der Waals surface area contributed by atoms with Gasteiger partial charge < -0.3 is 0 Å². The topological polar surface area (TPSA) is 41.3 Å². The highest BCUT2D eigenvalue weighted by Gasteiger charge is 2.40. The van der Waals surface area contributed by atoms with Crippen molar-refractivity contribution in [2.45, 2.75) is 44.7 Å². The molecule has 0 spiro atoms. The molecule has 20 heavy (non-hydrogen) atoms. The van der Waals surface area contributed by atoms with Crippen LogP contribution in [0, 0.1) is 5.82 Å². The molecule has 5 heteroatoms. The van der Waals surface area contributed by atoms with Crippen LogP contribution < -0.4 is 11.3 Å². The molecule has 0 radical (unpaired) electrons. The van der Waals surface area contributed by atoms with Gasteiger partial charge in [-0.3, -0.25) is 16.2 Å². The summed E-state index contributed by atoms with van der Waals surface area (Å²) in [5.74, 6) is 5.51. The summed E-state index contributed by atoms with van der Waals surface area (Å²) in [5, 5.41) is 0.549. The van der Waals surface area contributed by atoms with Gasteiger partial charge in [0.25, 0.3) is 0 Å². The molecular formula is C15H23ClFN3. The van der Waals surface area contributed by atoms with Crippen molar-refractivity contribution in [3.8, 4) is 0 Å². The molecule has 0 aliphatic carbocycles. The highest BCUT2D eigenvalue weighted by Crippen LogP contribution is 2.38. The Morgan fingerprint density at radius 1 is 1.45 bits per heavy atom. The van der Waals surface area contributed by atoms with Gasteiger partial charge in [0, 0.05) is 10.6 Å². The number of hydrazine groups is 1. The molecule has 0 amide bonds. The zero-order chi connectivity index (χ0) is 14.8. The lowest BCUT2D eigenvalue weighted by molar-refractivity contribution is 0.0839. The highest BCUT2D eigenvalue weighted by molar-refractivity contribution is 6.31. The Bertz CT molecular complexity index is 462. The number of hydrogen-bond donors (Lipinski definition) is 2. The Kier molecular flexibility index (Phi) is 5.02. The van der Waals surface area contributed by atoms with Gasteiger partial charge in [0.1, 0.15) is 5.82 Å². The zero-order valence-corrected chi connectivity index (χ0v) is 12.9. The maximum absolute atomic E-state index is 13.6. The Balaban J connectivity index is 2.40. The average Bonchev–Trinajstić information content (AvgIpc) is 2.97. The van der Waals surface area contributed by atoms with Crippen molar-refractivity contribution in [2.75, 3.05) is 13.1 Å². The molecule has 1 fully saturated rings. The maximum Gasteiger partial charge on any atom is 0.123 e. The second kappa shape index (κ2) is 6.39. The van der Waals surface area contributed by atoms with Gasteiger partial charge in [-0.25, -0.2) is 4.39 Å². The van der Waals surface area contributed by atoms with Crippen molar-refractivity contribution in [2.24, 2.45) is 5.84 Å². The van der Waals surface area contributed by atoms with Crippen LogP contribution in [0.1, 0.15) is 44.7 Å². The van der Waals surface area contributed by atoms with Crippen LogP contribution in [0.25, 0.3) is 0 Å². The quantitative estimate of drug-likeness (QED) is 0.648. The second-order valence-electron chi connectivity index (χ2n) is 5.67. The lowest BCUT2D eigenvalue weighted by atomic mass is 9.83. The van der Waals surface area contributed by atoms with Crippen LogP contribution in [-0.2, 0) is 0 Å². The monoisotopic (exact) mass is 299 g/mol. The molecule has 112 valence electrons. The summed E-state index contributed by atoms with van der Waals surface area (Å²) in [4.78, 5) is 2.43. The lowest BCUT2D eigenvalue weighted by Crippen LogP contribution is -2.54. The van der Waals surface area contributed by atoms with E-state index < -0.39 is 0 Å². The van der Waals surface area contributed by atoms with E-state index >= 15 is 0 Å². The molecule has 1 saturated heterocycles. The van der Waals surface area contributed by atoms with Gasteiger partial charge in [-0.2, -0.15) is 0 Å². The van der Waals surface area contributed by atoms with E-state index in [0.29, 0.717) is 5.02 Å². The van der Waals surface area contributed by atoms with Gasteiger partial charge in [0.05, 0.1) is 6.04 Å². The van der Waals surface area contributed by atoms with Crippen LogP contribution >= 0.6 is 11.6 Å². The highest BCUT2D eigenvalue weighted by atomic mass is 35.5. The van der Waals surface area contributed by atoms with Crippen LogP contribution in [0.2, 0.25) is 5.02 Å². The first-order valence-electron chi connectivity index (χ1n) is 7.19. The van der Waals surface area contributed by atoms with E-state index in [1.165, 1.54) is 25.0 Å². The molecule has 3 N–H and O–H groups in total. The first kappa shape index (κ1) is 15.7. The van der Waals surface area contributed by atoms with E-state index in [2.05, 4.69) is 24.2 Å². The molecule has 1 aromatic carbocycles. The van der Waals surface area contributed by atoms with Gasteiger partial charge in [0.2, 0.25) is 0 Å². The molecule has 2 rings (SSSR count). The van der Waals surface area contributed by atoms with Gasteiger partial charge in [-0.15, -0.1) is 0 Å². The van der Waals surface area contributed by atoms with Crippen LogP contribution in [0.3, 0.4) is 0 Å². The maximum atomic E-state index is 13.6. The van der Waals surface area contributed by atoms with E-state index in [1.54, 1.807) is 6.07 Å². The zero-order valence-electron chi connectivity index (χ0n) is 12.1. The van der Waals surface area contributed by atoms with Crippen molar-refractivity contribution in [1.29, 1.82) is 0 Å². The fourth-order valence-corrected chi connectivity index (χ4v) is 3.41. The summed E-state index contributed by atoms with van der Waals surface area (Å²) in [7, 11) is 0. The van der Waals surface area contributed by atoms with Crippen LogP contribution in [0.4, 0.5) is 4.39 Å². The molecule has 1 aromatic rings. The Labute approximate surface area is 125 Å². The minimum atomic E-state index is -0.287. The fourth-order valence-electron chi connectivity index (χ4n) is 3.18. The van der Waals surface area contributed by atoms with Crippen molar-refractivity contribution in [3.63, 3.8) is 0 Å². The third-order valence-electron chi connectivity index (χ3n) is 4.60. The smallest absolute Gasteiger partial charge is 0.123 e. The number of halogens is 2. The predicted molar refractivity (Wildman–Crippen MR) is 81.0 cm³/mol. The van der Waals surface area contributed by atoms with Crippen LogP contribution in [0.5, 0.6) is 0 Å². The standard InChI is InChI=1S/C15H23ClFN3/c1-3-15(2,20-8-4-5-9-20)14(19-18)12-10-11(17)6-7-13(12)16/h6-7,10,14,19H,3-5,8-9,18H2,1-2H3. The van der Waals surface area contributed by atoms with Gasteiger partial charge in [-0.1, -0.05) is 18.5 Å². The second-order valence-corrected chi connectivity index (χ2v) is 6.08. The van der Waals surface area contributed by atoms with Gasteiger partial charge in [-0.05, 0) is 63.0 Å². The number of benzene rings is 1. The first-order chi connectivity index (χ1) is 9.52. The number of nitrogens with two attached hydrogens (primary N) is 1. The van der Waals surface area contributed by atoms with Crippen LogP contribution in [0.15, 0.2) is 18.2 Å². The summed E-state index contributed by atoms with van der Waals surface area (Å²) >= 11 is 6.26. The number of nitrogens with zero attached hydrogens (tertiary/aromatic N) is 1. The molecule has 1 aliphatic rings. The van der Waals surface area contributed by atoms with Crippen molar-refractivity contribution >= 4 is 11.6 Å². The Hall–Kier alpha value is -0.680. The van der Waals surface area contributed by atoms with E-state index in [-0.39, 0.29) is 17.4 Å². The molecule has 0 saturated carbocycles. The van der Waals surface area contributed by atoms with Crippen molar-refractivity contribution < 1.29 is 4.39 Å². The molecule has 1 aliphatic heterocycles. The largest absolute Gasteiger partial charge is 0.296 e. The third-order valence-corrected chi connectivity index (χ3v) is 4.95. The van der Waals surface area contributed by atoms with E-state index in [0.717, 1.165) is 25.1 Å². The minimum absolute atomic E-state index is 0.178. The van der Waals surface area contributed by atoms with Crippen molar-refractivity contribution in [3.05, 3.63) is 34.6 Å². The van der Waals surface area contributed by atoms with E-state index in [9.17, 15) is 4.39 Å². The molecule has 0 aromatic heterocycles. The normalized spacial score (nSPS) is 20.9. The SMILES string of the molecule is CCC(C)(C(NN)c1cc(F)ccc1Cl)N1CCCC1. The summed E-state index contributed by atoms with van der Waals surface area (Å²) in [5.41, 5.74) is 3.41. The molecule has 2 atom stereocenters. The molecule has 3 nitrogen and oxygen atoms in total. The predicted octanol–water partition coefficient (Wildman–Crippen LogP) is 3.25. The summed E-state index contributed by atoms with van der Waals surface area (Å²) in [6, 6.07) is 4.25. The van der Waals surface area contributed by atoms with Gasteiger partial charge >= 0.3 is 0 Å². The fraction of sp³-hybridized carbons (Fsp3) is 0.600.